The SMILES string of the molecule is CCCCCCCCC=COc1ccc(OC(=O)c2ccc(-c3ccc(CCC(C)CC)cc3)cc2)cc1. The predicted octanol–water partition coefficient (Wildman–Crippen LogP) is 10.2. The van der Waals surface area contributed by atoms with Crippen LogP contribution in [0.5, 0.6) is 11.5 Å². The fourth-order valence-corrected chi connectivity index (χ4v) is 4.27. The number of unbranched alkanes of at least 4 members (excludes halogenated alkanes) is 6. The standard InChI is InChI=1S/C35H44O3/c1-4-6-7-8-9-10-11-12-27-37-33-23-25-34(26-24-33)38-35(36)32-21-19-31(20-22-32)30-17-15-29(16-18-30)14-13-28(3)5-2/h12,15-28H,4-11,13-14H2,1-3H3. The molecule has 0 aliphatic carbocycles. The van der Waals surface area contributed by atoms with E-state index in [-0.39, 0.29) is 5.97 Å². The van der Waals surface area contributed by atoms with Gasteiger partial charge in [0, 0.05) is 0 Å². The van der Waals surface area contributed by atoms with E-state index in [0.29, 0.717) is 11.3 Å². The van der Waals surface area contributed by atoms with E-state index >= 15 is 0 Å². The van der Waals surface area contributed by atoms with Crippen LogP contribution >= 0.6 is 0 Å². The first-order valence-electron chi connectivity index (χ1n) is 14.4. The largest absolute Gasteiger partial charge is 0.465 e. The monoisotopic (exact) mass is 512 g/mol. The first-order valence-corrected chi connectivity index (χ1v) is 14.4. The van der Waals surface area contributed by atoms with Gasteiger partial charge < -0.3 is 9.47 Å². The molecule has 0 heterocycles. The van der Waals surface area contributed by atoms with Crippen LogP contribution in [0.15, 0.2) is 85.1 Å². The van der Waals surface area contributed by atoms with Crippen molar-refractivity contribution in [2.75, 3.05) is 0 Å². The van der Waals surface area contributed by atoms with Gasteiger partial charge in [-0.1, -0.05) is 95.7 Å². The number of esters is 1. The minimum absolute atomic E-state index is 0.371. The molecule has 0 amide bonds. The van der Waals surface area contributed by atoms with Crippen LogP contribution in [0.4, 0.5) is 0 Å². The minimum Gasteiger partial charge on any atom is -0.465 e. The molecular formula is C35H44O3. The van der Waals surface area contributed by atoms with E-state index in [1.165, 1.54) is 56.9 Å². The summed E-state index contributed by atoms with van der Waals surface area (Å²) in [5.41, 5.74) is 4.13. The number of benzene rings is 3. The molecule has 0 saturated heterocycles. The molecule has 1 atom stereocenters. The van der Waals surface area contributed by atoms with Crippen molar-refractivity contribution in [1.82, 2.24) is 0 Å². The van der Waals surface area contributed by atoms with E-state index < -0.39 is 0 Å². The third-order valence-corrected chi connectivity index (χ3v) is 7.09. The Bertz CT molecular complexity index is 1100. The van der Waals surface area contributed by atoms with E-state index in [4.69, 9.17) is 9.47 Å². The molecule has 0 radical (unpaired) electrons. The zero-order valence-corrected chi connectivity index (χ0v) is 23.5. The van der Waals surface area contributed by atoms with Crippen molar-refractivity contribution in [3.8, 4) is 22.6 Å². The zero-order valence-electron chi connectivity index (χ0n) is 23.5. The maximum Gasteiger partial charge on any atom is 0.343 e. The second kappa shape index (κ2) is 16.5. The lowest BCUT2D eigenvalue weighted by Crippen LogP contribution is -2.08. The molecule has 3 aromatic carbocycles. The first-order chi connectivity index (χ1) is 18.6. The lowest BCUT2D eigenvalue weighted by atomic mass is 9.97. The molecule has 3 nitrogen and oxygen atoms in total. The predicted molar refractivity (Wildman–Crippen MR) is 159 cm³/mol. The summed E-state index contributed by atoms with van der Waals surface area (Å²) in [6, 6.07) is 23.5. The molecule has 0 saturated carbocycles. The highest BCUT2D eigenvalue weighted by molar-refractivity contribution is 5.91. The molecule has 0 aliphatic rings. The molecule has 0 N–H and O–H groups in total. The summed E-state index contributed by atoms with van der Waals surface area (Å²) in [6.45, 7) is 6.79. The summed E-state index contributed by atoms with van der Waals surface area (Å²) >= 11 is 0. The fourth-order valence-electron chi connectivity index (χ4n) is 4.27. The molecule has 0 bridgehead atoms. The molecule has 0 aromatic heterocycles. The number of aryl methyl sites for hydroxylation is 1. The number of hydrogen-bond donors (Lipinski definition) is 0. The van der Waals surface area contributed by atoms with Crippen molar-refractivity contribution >= 4 is 5.97 Å². The van der Waals surface area contributed by atoms with E-state index in [1.807, 2.05) is 36.4 Å². The van der Waals surface area contributed by atoms with Crippen molar-refractivity contribution in [3.05, 3.63) is 96.3 Å². The Labute approximate surface area is 229 Å². The van der Waals surface area contributed by atoms with E-state index in [1.54, 1.807) is 18.4 Å². The Morgan fingerprint density at radius 2 is 1.37 bits per heavy atom. The maximum absolute atomic E-state index is 12.6. The lowest BCUT2D eigenvalue weighted by Gasteiger charge is -2.09. The van der Waals surface area contributed by atoms with Crippen LogP contribution < -0.4 is 9.47 Å². The molecule has 0 spiro atoms. The summed E-state index contributed by atoms with van der Waals surface area (Å²) in [6.07, 6.45) is 16.2. The van der Waals surface area contributed by atoms with Crippen LogP contribution in [0, 0.1) is 5.92 Å². The average molecular weight is 513 g/mol. The Balaban J connectivity index is 1.43. The van der Waals surface area contributed by atoms with Gasteiger partial charge in [0.1, 0.15) is 11.5 Å². The Morgan fingerprint density at radius 3 is 2.03 bits per heavy atom. The highest BCUT2D eigenvalue weighted by atomic mass is 16.5. The smallest absolute Gasteiger partial charge is 0.343 e. The average Bonchev–Trinajstić information content (AvgIpc) is 2.96. The van der Waals surface area contributed by atoms with E-state index in [2.05, 4.69) is 51.1 Å². The quantitative estimate of drug-likeness (QED) is 0.0829. The zero-order chi connectivity index (χ0) is 27.0. The van der Waals surface area contributed by atoms with Crippen molar-refractivity contribution < 1.29 is 14.3 Å². The van der Waals surface area contributed by atoms with Crippen LogP contribution in [0.2, 0.25) is 0 Å². The van der Waals surface area contributed by atoms with Gasteiger partial charge >= 0.3 is 5.97 Å². The van der Waals surface area contributed by atoms with Gasteiger partial charge in [0.2, 0.25) is 0 Å². The van der Waals surface area contributed by atoms with Crippen molar-refractivity contribution in [2.45, 2.75) is 85.0 Å². The first kappa shape index (κ1) is 29.2. The van der Waals surface area contributed by atoms with Crippen LogP contribution in [0.1, 0.15) is 94.5 Å². The molecule has 3 heteroatoms. The molecule has 38 heavy (non-hydrogen) atoms. The van der Waals surface area contributed by atoms with Crippen molar-refractivity contribution in [3.63, 3.8) is 0 Å². The van der Waals surface area contributed by atoms with E-state index in [9.17, 15) is 4.79 Å². The van der Waals surface area contributed by atoms with Gasteiger partial charge in [-0.25, -0.2) is 4.79 Å². The van der Waals surface area contributed by atoms with Crippen LogP contribution in [-0.2, 0) is 6.42 Å². The topological polar surface area (TPSA) is 35.5 Å². The Hall–Kier alpha value is -3.33. The number of allylic oxidation sites excluding steroid dienone is 1. The molecule has 0 fully saturated rings. The summed E-state index contributed by atoms with van der Waals surface area (Å²) < 4.78 is 11.2. The second-order valence-corrected chi connectivity index (χ2v) is 10.2. The highest BCUT2D eigenvalue weighted by Gasteiger charge is 2.09. The highest BCUT2D eigenvalue weighted by Crippen LogP contribution is 2.23. The van der Waals surface area contributed by atoms with Gasteiger partial charge in [0.15, 0.2) is 0 Å². The molecule has 3 rings (SSSR count). The van der Waals surface area contributed by atoms with Crippen molar-refractivity contribution in [1.29, 1.82) is 0 Å². The van der Waals surface area contributed by atoms with Gasteiger partial charge in [0.05, 0.1) is 11.8 Å². The summed E-state index contributed by atoms with van der Waals surface area (Å²) in [5, 5.41) is 0. The van der Waals surface area contributed by atoms with Crippen LogP contribution in [-0.4, -0.2) is 5.97 Å². The van der Waals surface area contributed by atoms with Crippen LogP contribution in [0.3, 0.4) is 0 Å². The minimum atomic E-state index is -0.371. The van der Waals surface area contributed by atoms with Gasteiger partial charge in [-0.05, 0) is 90.8 Å². The Kier molecular flexibility index (Phi) is 12.7. The van der Waals surface area contributed by atoms with E-state index in [0.717, 1.165) is 35.6 Å². The summed E-state index contributed by atoms with van der Waals surface area (Å²) in [5.74, 6) is 1.61. The second-order valence-electron chi connectivity index (χ2n) is 10.2. The molecule has 202 valence electrons. The molecular weight excluding hydrogens is 468 g/mol. The van der Waals surface area contributed by atoms with Gasteiger partial charge in [0.25, 0.3) is 0 Å². The number of ether oxygens (including phenoxy) is 2. The van der Waals surface area contributed by atoms with Crippen LogP contribution in [0.25, 0.3) is 11.1 Å². The normalized spacial score (nSPS) is 12.0. The fraction of sp³-hybridized carbons (Fsp3) is 0.400. The van der Waals surface area contributed by atoms with Crippen molar-refractivity contribution in [2.24, 2.45) is 5.92 Å². The maximum atomic E-state index is 12.6. The molecule has 3 aromatic rings. The molecule has 0 aliphatic heterocycles. The number of carbonyl (C=O) groups is 1. The number of hydrogen-bond acceptors (Lipinski definition) is 3. The van der Waals surface area contributed by atoms with Gasteiger partial charge in [-0.15, -0.1) is 0 Å². The van der Waals surface area contributed by atoms with Gasteiger partial charge in [-0.2, -0.15) is 0 Å². The third-order valence-electron chi connectivity index (χ3n) is 7.09. The third kappa shape index (κ3) is 10.2. The number of rotatable bonds is 16. The van der Waals surface area contributed by atoms with Gasteiger partial charge in [-0.3, -0.25) is 0 Å². The summed E-state index contributed by atoms with van der Waals surface area (Å²) in [4.78, 5) is 12.6. The number of carbonyl (C=O) groups excluding carboxylic acids is 1. The Morgan fingerprint density at radius 1 is 0.763 bits per heavy atom. The summed E-state index contributed by atoms with van der Waals surface area (Å²) in [7, 11) is 0. The molecule has 1 unspecified atom stereocenters. The lowest BCUT2D eigenvalue weighted by molar-refractivity contribution is 0.0734.